The number of para-hydroxylation sites is 1. The average molecular weight is 588 g/mol. The Bertz CT molecular complexity index is 1240. The second kappa shape index (κ2) is 17.4. The van der Waals surface area contributed by atoms with E-state index < -0.39 is 11.5 Å². The van der Waals surface area contributed by atoms with Crippen LogP contribution in [0.3, 0.4) is 0 Å². The zero-order valence-corrected chi connectivity index (χ0v) is 25.5. The van der Waals surface area contributed by atoms with Crippen molar-refractivity contribution in [2.75, 3.05) is 23.0 Å². The molecule has 0 saturated heterocycles. The maximum absolute atomic E-state index is 15.2. The van der Waals surface area contributed by atoms with Gasteiger partial charge in [0.1, 0.15) is 5.82 Å². The summed E-state index contributed by atoms with van der Waals surface area (Å²) in [6.45, 7) is 13.9. The Labute approximate surface area is 248 Å². The molecule has 0 radical (unpaired) electrons. The van der Waals surface area contributed by atoms with E-state index in [0.717, 1.165) is 18.2 Å². The SMILES string of the molecule is C/C=C/F.C=CCCN(CC(O)(C1=CC(C)=C(N(N)c2ccc(F)cc2)CC=C1)C(C)(F)F)c1ccccc1C.CC. The number of hydrogen-bond donors (Lipinski definition) is 2. The largest absolute Gasteiger partial charge is 0.377 e. The van der Waals surface area contributed by atoms with Gasteiger partial charge in [-0.15, -0.1) is 6.58 Å². The van der Waals surface area contributed by atoms with Crippen LogP contribution in [0.15, 0.2) is 109 Å². The molecule has 2 aromatic rings. The second-order valence-corrected chi connectivity index (χ2v) is 9.68. The minimum atomic E-state index is -3.46. The highest BCUT2D eigenvalue weighted by Gasteiger charge is 2.52. The van der Waals surface area contributed by atoms with Crippen molar-refractivity contribution in [1.82, 2.24) is 0 Å². The first-order valence-electron chi connectivity index (χ1n) is 14.0. The number of halogens is 4. The second-order valence-electron chi connectivity index (χ2n) is 9.68. The summed E-state index contributed by atoms with van der Waals surface area (Å²) >= 11 is 0. The molecule has 0 aliphatic heterocycles. The van der Waals surface area contributed by atoms with Gasteiger partial charge in [0.2, 0.25) is 0 Å². The molecule has 0 heterocycles. The Hall–Kier alpha value is -3.62. The highest BCUT2D eigenvalue weighted by atomic mass is 19.3. The molecule has 2 aromatic carbocycles. The first kappa shape index (κ1) is 36.4. The van der Waals surface area contributed by atoms with E-state index >= 15 is 8.78 Å². The predicted octanol–water partition coefficient (Wildman–Crippen LogP) is 8.96. The van der Waals surface area contributed by atoms with Gasteiger partial charge >= 0.3 is 0 Å². The van der Waals surface area contributed by atoms with Gasteiger partial charge in [-0.25, -0.2) is 23.4 Å². The Kier molecular flexibility index (Phi) is 15.0. The lowest BCUT2D eigenvalue weighted by Gasteiger charge is -2.40. The molecule has 230 valence electrons. The fourth-order valence-corrected chi connectivity index (χ4v) is 4.34. The van der Waals surface area contributed by atoms with E-state index in [4.69, 9.17) is 5.84 Å². The molecule has 0 amide bonds. The molecule has 4 nitrogen and oxygen atoms in total. The summed E-state index contributed by atoms with van der Waals surface area (Å²) in [6.07, 6.45) is 9.28. The van der Waals surface area contributed by atoms with Crippen LogP contribution in [0.4, 0.5) is 28.9 Å². The average Bonchev–Trinajstić information content (AvgIpc) is 3.17. The van der Waals surface area contributed by atoms with Crippen LogP contribution in [0, 0.1) is 12.7 Å². The van der Waals surface area contributed by atoms with Crippen molar-refractivity contribution < 1.29 is 22.7 Å². The molecule has 8 heteroatoms. The monoisotopic (exact) mass is 587 g/mol. The van der Waals surface area contributed by atoms with Crippen LogP contribution in [-0.4, -0.2) is 29.7 Å². The van der Waals surface area contributed by atoms with Crippen LogP contribution in [-0.2, 0) is 0 Å². The smallest absolute Gasteiger partial charge is 0.279 e. The molecule has 0 fully saturated rings. The third-order valence-electron chi connectivity index (χ3n) is 6.64. The summed E-state index contributed by atoms with van der Waals surface area (Å²) in [6, 6.07) is 13.2. The minimum Gasteiger partial charge on any atom is -0.377 e. The van der Waals surface area contributed by atoms with Gasteiger partial charge in [-0.05, 0) is 74.2 Å². The van der Waals surface area contributed by atoms with Crippen LogP contribution < -0.4 is 15.8 Å². The lowest BCUT2D eigenvalue weighted by molar-refractivity contribution is -0.140. The quantitative estimate of drug-likeness (QED) is 0.126. The van der Waals surface area contributed by atoms with Gasteiger partial charge in [-0.3, -0.25) is 5.01 Å². The van der Waals surface area contributed by atoms with Crippen molar-refractivity contribution in [2.45, 2.75) is 65.9 Å². The molecule has 0 spiro atoms. The van der Waals surface area contributed by atoms with Crippen molar-refractivity contribution in [3.05, 3.63) is 120 Å². The van der Waals surface area contributed by atoms with Gasteiger partial charge in [0.15, 0.2) is 5.60 Å². The van der Waals surface area contributed by atoms with Gasteiger partial charge < -0.3 is 10.0 Å². The number of hydrogen-bond acceptors (Lipinski definition) is 4. The van der Waals surface area contributed by atoms with E-state index in [0.29, 0.717) is 42.7 Å². The molecule has 1 aliphatic rings. The van der Waals surface area contributed by atoms with Crippen LogP contribution in [0.25, 0.3) is 0 Å². The molecule has 3 rings (SSSR count). The van der Waals surface area contributed by atoms with Crippen LogP contribution in [0.2, 0.25) is 0 Å². The van der Waals surface area contributed by atoms with Gasteiger partial charge in [-0.1, -0.05) is 62.4 Å². The number of aryl methyl sites for hydroxylation is 1. The molecule has 1 aliphatic carbocycles. The molecule has 0 aromatic heterocycles. The Balaban J connectivity index is 0.00000135. The molecule has 42 heavy (non-hydrogen) atoms. The van der Waals surface area contributed by atoms with Crippen molar-refractivity contribution in [3.63, 3.8) is 0 Å². The fraction of sp³-hybridized carbons (Fsp3) is 0.353. The zero-order valence-electron chi connectivity index (χ0n) is 25.5. The van der Waals surface area contributed by atoms with E-state index in [1.165, 1.54) is 29.3 Å². The summed E-state index contributed by atoms with van der Waals surface area (Å²) in [5.41, 5.74) is 1.13. The molecule has 1 atom stereocenters. The van der Waals surface area contributed by atoms with E-state index in [1.807, 2.05) is 45.0 Å². The Morgan fingerprint density at radius 2 is 1.67 bits per heavy atom. The summed E-state index contributed by atoms with van der Waals surface area (Å²) in [4.78, 5) is 1.78. The van der Waals surface area contributed by atoms with Gasteiger partial charge in [0.25, 0.3) is 5.92 Å². The zero-order chi connectivity index (χ0) is 31.9. The molecule has 0 saturated carbocycles. The Morgan fingerprint density at radius 1 is 1.07 bits per heavy atom. The van der Waals surface area contributed by atoms with Gasteiger partial charge in [-0.2, -0.15) is 0 Å². The number of alkyl halides is 2. The number of rotatable bonds is 10. The number of nitrogens with zero attached hydrogens (tertiary/aromatic N) is 2. The standard InChI is InChI=1S/C29H34F3N3O.C3H5F.C2H6/c1-5-6-18-34(26-12-8-7-10-21(26)2)20-29(36,28(4,31)32)23-11-9-13-27(22(3)19-23)35(33)25-16-14-24(30)15-17-25;1-2-3-4;1-2/h5,7-12,14-17,19,36H,1,6,13,18,20,33H2,2-4H3;2-3H,1H3;1-2H3/b;3-2+;. The van der Waals surface area contributed by atoms with Crippen LogP contribution >= 0.6 is 0 Å². The van der Waals surface area contributed by atoms with Crippen molar-refractivity contribution in [2.24, 2.45) is 5.84 Å². The lowest BCUT2D eigenvalue weighted by atomic mass is 9.85. The van der Waals surface area contributed by atoms with E-state index in [2.05, 4.69) is 6.58 Å². The summed E-state index contributed by atoms with van der Waals surface area (Å²) in [5, 5.41) is 13.1. The third-order valence-corrected chi connectivity index (χ3v) is 6.64. The topological polar surface area (TPSA) is 52.7 Å². The van der Waals surface area contributed by atoms with E-state index in [9.17, 15) is 13.9 Å². The molecule has 0 bridgehead atoms. The van der Waals surface area contributed by atoms with Crippen molar-refractivity contribution in [3.8, 4) is 0 Å². The van der Waals surface area contributed by atoms with Crippen molar-refractivity contribution >= 4 is 11.4 Å². The normalized spacial score (nSPS) is 14.5. The Morgan fingerprint density at radius 3 is 2.19 bits per heavy atom. The summed E-state index contributed by atoms with van der Waals surface area (Å²) in [5.74, 6) is 2.47. The van der Waals surface area contributed by atoms with Crippen LogP contribution in [0.1, 0.15) is 53.0 Å². The number of anilines is 2. The van der Waals surface area contributed by atoms with E-state index in [1.54, 1.807) is 49.1 Å². The lowest BCUT2D eigenvalue weighted by Crippen LogP contribution is -2.55. The maximum Gasteiger partial charge on any atom is 0.279 e. The molecular weight excluding hydrogens is 542 g/mol. The highest BCUT2D eigenvalue weighted by molar-refractivity contribution is 5.57. The van der Waals surface area contributed by atoms with E-state index in [-0.39, 0.29) is 17.9 Å². The number of hydrazine groups is 1. The number of aliphatic hydroxyl groups is 1. The molecular formula is C34H45F4N3O. The van der Waals surface area contributed by atoms with Gasteiger partial charge in [0.05, 0.1) is 18.6 Å². The predicted molar refractivity (Wildman–Crippen MR) is 169 cm³/mol. The third kappa shape index (κ3) is 9.74. The first-order valence-corrected chi connectivity index (χ1v) is 14.0. The minimum absolute atomic E-state index is 0.0900. The molecule has 1 unspecified atom stereocenters. The summed E-state index contributed by atoms with van der Waals surface area (Å²) in [7, 11) is 0. The number of benzene rings is 2. The number of nitrogens with two attached hydrogens (primary N) is 1. The van der Waals surface area contributed by atoms with Crippen molar-refractivity contribution in [1.29, 1.82) is 0 Å². The summed E-state index contributed by atoms with van der Waals surface area (Å²) < 4.78 is 54.3. The molecule has 3 N–H and O–H groups in total. The maximum atomic E-state index is 15.2. The van der Waals surface area contributed by atoms with Crippen LogP contribution in [0.5, 0.6) is 0 Å². The first-order chi connectivity index (χ1) is 19.9. The number of allylic oxidation sites excluding steroid dienone is 4. The fourth-order valence-electron chi connectivity index (χ4n) is 4.34. The van der Waals surface area contributed by atoms with Gasteiger partial charge in [0, 0.05) is 31.3 Å². The highest BCUT2D eigenvalue weighted by Crippen LogP contribution is 2.39.